The molecule has 0 saturated carbocycles. The number of anilines is 1. The van der Waals surface area contributed by atoms with Gasteiger partial charge in [0.15, 0.2) is 0 Å². The van der Waals surface area contributed by atoms with Crippen LogP contribution in [-0.4, -0.2) is 33.6 Å². The molecule has 5 nitrogen and oxygen atoms in total. The molecule has 1 amide bonds. The van der Waals surface area contributed by atoms with Gasteiger partial charge in [0.1, 0.15) is 11.1 Å². The molecule has 1 fully saturated rings. The maximum absolute atomic E-state index is 12.1. The van der Waals surface area contributed by atoms with Crippen molar-refractivity contribution in [1.29, 1.82) is 0 Å². The molecule has 1 aromatic rings. The maximum Gasteiger partial charge on any atom is 0.253 e. The second kappa shape index (κ2) is 5.79. The molecule has 0 bridgehead atoms. The molecule has 0 radical (unpaired) electrons. The number of pyridine rings is 1. The molecule has 1 saturated heterocycles. The van der Waals surface area contributed by atoms with Crippen molar-refractivity contribution in [2.45, 2.75) is 37.5 Å². The van der Waals surface area contributed by atoms with Gasteiger partial charge >= 0.3 is 0 Å². The van der Waals surface area contributed by atoms with Gasteiger partial charge < -0.3 is 10.1 Å². The minimum absolute atomic E-state index is 0.104. The number of amides is 1. The van der Waals surface area contributed by atoms with E-state index in [0.717, 1.165) is 6.42 Å². The van der Waals surface area contributed by atoms with Crippen LogP contribution in [0.15, 0.2) is 23.4 Å². The summed E-state index contributed by atoms with van der Waals surface area (Å²) in [5.74, 6) is 0.224. The molecule has 6 heteroatoms. The lowest BCUT2D eigenvalue weighted by atomic mass is 10.0. The van der Waals surface area contributed by atoms with Gasteiger partial charge in [-0.25, -0.2) is 4.98 Å². The van der Waals surface area contributed by atoms with E-state index in [4.69, 9.17) is 4.74 Å². The Morgan fingerprint density at radius 1 is 1.53 bits per heavy atom. The van der Waals surface area contributed by atoms with Gasteiger partial charge in [-0.05, 0) is 31.4 Å². The first-order valence-electron chi connectivity index (χ1n) is 6.23. The highest BCUT2D eigenvalue weighted by Gasteiger charge is 2.33. The number of nitrogens with zero attached hydrogens (tertiary/aromatic N) is 1. The maximum atomic E-state index is 12.1. The minimum Gasteiger partial charge on any atom is -0.365 e. The van der Waals surface area contributed by atoms with Crippen LogP contribution in [-0.2, 0) is 20.3 Å². The Kier molecular flexibility index (Phi) is 4.31. The van der Waals surface area contributed by atoms with Crippen molar-refractivity contribution in [3.05, 3.63) is 18.3 Å². The van der Waals surface area contributed by atoms with Crippen LogP contribution in [0.25, 0.3) is 0 Å². The van der Waals surface area contributed by atoms with Crippen molar-refractivity contribution in [2.24, 2.45) is 5.92 Å². The summed E-state index contributed by atoms with van der Waals surface area (Å²) in [6, 6.07) is 3.30. The summed E-state index contributed by atoms with van der Waals surface area (Å²) in [4.78, 5) is 16.0. The monoisotopic (exact) mass is 282 g/mol. The molecule has 4 atom stereocenters. The van der Waals surface area contributed by atoms with E-state index in [-0.39, 0.29) is 12.0 Å². The van der Waals surface area contributed by atoms with Crippen LogP contribution in [0.3, 0.4) is 0 Å². The van der Waals surface area contributed by atoms with Crippen molar-refractivity contribution < 1.29 is 13.7 Å². The molecule has 19 heavy (non-hydrogen) atoms. The molecule has 104 valence electrons. The zero-order valence-corrected chi connectivity index (χ0v) is 12.1. The van der Waals surface area contributed by atoms with Gasteiger partial charge in [0.2, 0.25) is 0 Å². The zero-order chi connectivity index (χ0) is 14.0. The molecule has 1 aliphatic heterocycles. The number of ether oxygens (including phenoxy) is 1. The molecule has 0 aromatic carbocycles. The van der Waals surface area contributed by atoms with Crippen LogP contribution in [0.5, 0.6) is 0 Å². The summed E-state index contributed by atoms with van der Waals surface area (Å²) in [7, 11) is -1.16. The predicted molar refractivity (Wildman–Crippen MR) is 73.3 cm³/mol. The topological polar surface area (TPSA) is 68.3 Å². The fourth-order valence-electron chi connectivity index (χ4n) is 2.01. The van der Waals surface area contributed by atoms with Gasteiger partial charge in [-0.3, -0.25) is 9.00 Å². The Balaban J connectivity index is 2.03. The number of hydrogen-bond acceptors (Lipinski definition) is 4. The Labute approximate surface area is 115 Å². The third-order valence-electron chi connectivity index (χ3n) is 3.36. The number of rotatable bonds is 3. The van der Waals surface area contributed by atoms with Gasteiger partial charge in [0.05, 0.1) is 16.9 Å². The average Bonchev–Trinajstić information content (AvgIpc) is 2.70. The number of carbonyl (C=O) groups is 1. The average molecular weight is 282 g/mol. The van der Waals surface area contributed by atoms with Crippen molar-refractivity contribution in [2.75, 3.05) is 11.6 Å². The largest absolute Gasteiger partial charge is 0.365 e. The minimum atomic E-state index is -1.16. The highest BCUT2D eigenvalue weighted by atomic mass is 32.2. The summed E-state index contributed by atoms with van der Waals surface area (Å²) in [5.41, 5.74) is 0.598. The number of aromatic nitrogens is 1. The summed E-state index contributed by atoms with van der Waals surface area (Å²) < 4.78 is 16.9. The van der Waals surface area contributed by atoms with Crippen LogP contribution in [0.4, 0.5) is 5.69 Å². The quantitative estimate of drug-likeness (QED) is 0.913. The van der Waals surface area contributed by atoms with E-state index >= 15 is 0 Å². The molecule has 1 aliphatic rings. The molecular formula is C13H18N2O3S. The number of carbonyl (C=O) groups excluding carboxylic acids is 1. The lowest BCUT2D eigenvalue weighted by Crippen LogP contribution is -2.27. The first-order valence-corrected chi connectivity index (χ1v) is 7.79. The molecule has 0 spiro atoms. The van der Waals surface area contributed by atoms with Crippen molar-refractivity contribution in [1.82, 2.24) is 4.98 Å². The predicted octanol–water partition coefficient (Wildman–Crippen LogP) is 1.57. The molecule has 0 aliphatic carbocycles. The van der Waals surface area contributed by atoms with Crippen molar-refractivity contribution >= 4 is 22.4 Å². The SMILES string of the molecule is CC1CC(C(=O)Nc2ccnc(S(C)=O)c2)OC1C. The Morgan fingerprint density at radius 3 is 2.84 bits per heavy atom. The molecule has 1 N–H and O–H groups in total. The standard InChI is InChI=1S/C13H18N2O3S/c1-8-6-11(18-9(8)2)13(16)15-10-4-5-14-12(7-10)19(3)17/h4-5,7-9,11H,6H2,1-3H3,(H,14,15,16). The van der Waals surface area contributed by atoms with E-state index in [1.165, 1.54) is 6.20 Å². The van der Waals surface area contributed by atoms with Crippen LogP contribution >= 0.6 is 0 Å². The second-order valence-corrected chi connectivity index (χ2v) is 6.20. The molecule has 2 rings (SSSR count). The third kappa shape index (κ3) is 3.39. The Morgan fingerprint density at radius 2 is 2.26 bits per heavy atom. The lowest BCUT2D eigenvalue weighted by Gasteiger charge is -2.11. The van der Waals surface area contributed by atoms with Crippen LogP contribution in [0.2, 0.25) is 0 Å². The van der Waals surface area contributed by atoms with Crippen LogP contribution < -0.4 is 5.32 Å². The molecule has 4 unspecified atom stereocenters. The van der Waals surface area contributed by atoms with E-state index in [2.05, 4.69) is 17.2 Å². The molecule has 1 aromatic heterocycles. The summed E-state index contributed by atoms with van der Waals surface area (Å²) in [5, 5.41) is 3.23. The highest BCUT2D eigenvalue weighted by molar-refractivity contribution is 7.84. The van der Waals surface area contributed by atoms with Crippen molar-refractivity contribution in [3.63, 3.8) is 0 Å². The van der Waals surface area contributed by atoms with E-state index in [9.17, 15) is 9.00 Å². The van der Waals surface area contributed by atoms with E-state index in [1.54, 1.807) is 18.4 Å². The van der Waals surface area contributed by atoms with Gasteiger partial charge in [-0.15, -0.1) is 0 Å². The first kappa shape index (κ1) is 14.1. The first-order chi connectivity index (χ1) is 8.97. The van der Waals surface area contributed by atoms with Crippen LogP contribution in [0, 0.1) is 5.92 Å². The fraction of sp³-hybridized carbons (Fsp3) is 0.538. The van der Waals surface area contributed by atoms with E-state index in [0.29, 0.717) is 16.6 Å². The summed E-state index contributed by atoms with van der Waals surface area (Å²) >= 11 is 0. The Bertz CT molecular complexity index is 496. The Hall–Kier alpha value is -1.27. The lowest BCUT2D eigenvalue weighted by molar-refractivity contribution is -0.126. The van der Waals surface area contributed by atoms with Gasteiger partial charge in [0.25, 0.3) is 5.91 Å². The van der Waals surface area contributed by atoms with E-state index < -0.39 is 16.9 Å². The number of nitrogens with one attached hydrogen (secondary N) is 1. The normalized spacial score (nSPS) is 28.1. The zero-order valence-electron chi connectivity index (χ0n) is 11.3. The van der Waals surface area contributed by atoms with Gasteiger partial charge in [-0.1, -0.05) is 6.92 Å². The second-order valence-electron chi connectivity index (χ2n) is 4.87. The van der Waals surface area contributed by atoms with Crippen LogP contribution in [0.1, 0.15) is 20.3 Å². The highest BCUT2D eigenvalue weighted by Crippen LogP contribution is 2.26. The molecular weight excluding hydrogens is 264 g/mol. The van der Waals surface area contributed by atoms with E-state index in [1.807, 2.05) is 6.92 Å². The molecule has 2 heterocycles. The van der Waals surface area contributed by atoms with Gasteiger partial charge in [-0.2, -0.15) is 0 Å². The fourth-order valence-corrected chi connectivity index (χ4v) is 2.52. The third-order valence-corrected chi connectivity index (χ3v) is 4.17. The van der Waals surface area contributed by atoms with Gasteiger partial charge in [0, 0.05) is 18.1 Å². The van der Waals surface area contributed by atoms with Crippen molar-refractivity contribution in [3.8, 4) is 0 Å². The smallest absolute Gasteiger partial charge is 0.253 e. The number of hydrogen-bond donors (Lipinski definition) is 1. The summed E-state index contributed by atoms with van der Waals surface area (Å²) in [6.45, 7) is 4.05. The summed E-state index contributed by atoms with van der Waals surface area (Å²) in [6.07, 6.45) is 3.51.